The topological polar surface area (TPSA) is 89.8 Å². The van der Waals surface area contributed by atoms with E-state index in [1.807, 2.05) is 25.4 Å². The van der Waals surface area contributed by atoms with Crippen molar-refractivity contribution < 1.29 is 0 Å². The highest BCUT2D eigenvalue weighted by Gasteiger charge is 2.20. The van der Waals surface area contributed by atoms with Gasteiger partial charge in [-0.2, -0.15) is 5.26 Å². The Morgan fingerprint density at radius 2 is 2.06 bits per heavy atom. The van der Waals surface area contributed by atoms with Crippen molar-refractivity contribution in [1.82, 2.24) is 19.9 Å². The molecule has 0 bridgehead atoms. The van der Waals surface area contributed by atoms with E-state index in [1.165, 1.54) is 5.56 Å². The van der Waals surface area contributed by atoms with Crippen LogP contribution in [0.2, 0.25) is 0 Å². The fourth-order valence-corrected chi connectivity index (χ4v) is 3.95. The van der Waals surface area contributed by atoms with Crippen LogP contribution in [0.4, 0.5) is 17.3 Å². The van der Waals surface area contributed by atoms with Gasteiger partial charge in [0.15, 0.2) is 0 Å². The van der Waals surface area contributed by atoms with Crippen LogP contribution in [-0.2, 0) is 12.8 Å². The van der Waals surface area contributed by atoms with Crippen LogP contribution in [0, 0.1) is 18.3 Å². The van der Waals surface area contributed by atoms with Crippen LogP contribution < -0.4 is 10.6 Å². The van der Waals surface area contributed by atoms with Gasteiger partial charge in [0, 0.05) is 35.6 Å². The van der Waals surface area contributed by atoms with Gasteiger partial charge in [0.05, 0.1) is 33.7 Å². The minimum atomic E-state index is 0.502. The summed E-state index contributed by atoms with van der Waals surface area (Å²) in [5.41, 5.74) is 6.98. The molecule has 3 aromatic rings. The van der Waals surface area contributed by atoms with Crippen LogP contribution in [0.3, 0.4) is 0 Å². The Morgan fingerprint density at radius 1 is 1.22 bits per heavy atom. The van der Waals surface area contributed by atoms with E-state index in [0.29, 0.717) is 22.9 Å². The molecular formula is C24H25N7S. The van der Waals surface area contributed by atoms with Crippen LogP contribution >= 0.6 is 12.2 Å². The van der Waals surface area contributed by atoms with E-state index in [4.69, 9.17) is 17.2 Å². The highest BCUT2D eigenvalue weighted by Crippen LogP contribution is 2.34. The first-order chi connectivity index (χ1) is 15.4. The summed E-state index contributed by atoms with van der Waals surface area (Å²) in [5, 5.41) is 15.8. The highest BCUT2D eigenvalue weighted by atomic mass is 32.1. The zero-order chi connectivity index (χ0) is 22.7. The van der Waals surface area contributed by atoms with Crippen molar-refractivity contribution in [1.29, 1.82) is 5.26 Å². The number of rotatable bonds is 6. The average Bonchev–Trinajstić information content (AvgIpc) is 2.90. The maximum Gasteiger partial charge on any atom is 0.227 e. The summed E-state index contributed by atoms with van der Waals surface area (Å²) in [6.07, 6.45) is 6.33. The molecule has 1 aromatic carbocycles. The van der Waals surface area contributed by atoms with Crippen LogP contribution in [0.15, 0.2) is 36.7 Å². The SMILES string of the molecule is Cc1ncc(CCCN(C)C)cc1Nc1ncc2c(n1)-c1ccc(C#N)cc1NC(=S)C2. The van der Waals surface area contributed by atoms with Gasteiger partial charge in [-0.05, 0) is 70.2 Å². The molecule has 8 heteroatoms. The molecular weight excluding hydrogens is 418 g/mol. The van der Waals surface area contributed by atoms with Crippen molar-refractivity contribution in [2.45, 2.75) is 26.2 Å². The number of fused-ring (bicyclic) bond motifs is 3. The summed E-state index contributed by atoms with van der Waals surface area (Å²) in [6.45, 7) is 3.00. The predicted molar refractivity (Wildman–Crippen MR) is 131 cm³/mol. The van der Waals surface area contributed by atoms with E-state index in [-0.39, 0.29) is 0 Å². The molecule has 0 atom stereocenters. The van der Waals surface area contributed by atoms with Crippen molar-refractivity contribution in [3.63, 3.8) is 0 Å². The number of nitriles is 1. The molecule has 0 spiro atoms. The minimum absolute atomic E-state index is 0.502. The average molecular weight is 444 g/mol. The lowest BCUT2D eigenvalue weighted by atomic mass is 10.0. The number of aromatic nitrogens is 3. The third kappa shape index (κ3) is 4.90. The van der Waals surface area contributed by atoms with Crippen molar-refractivity contribution in [3.05, 3.63) is 59.0 Å². The number of nitrogens with zero attached hydrogens (tertiary/aromatic N) is 5. The van der Waals surface area contributed by atoms with Gasteiger partial charge >= 0.3 is 0 Å². The number of benzene rings is 1. The van der Waals surface area contributed by atoms with Gasteiger partial charge < -0.3 is 15.5 Å². The summed E-state index contributed by atoms with van der Waals surface area (Å²) >= 11 is 5.47. The summed E-state index contributed by atoms with van der Waals surface area (Å²) in [4.78, 5) is 16.8. The van der Waals surface area contributed by atoms with Crippen LogP contribution in [-0.4, -0.2) is 45.5 Å². The fourth-order valence-electron chi connectivity index (χ4n) is 3.68. The minimum Gasteiger partial charge on any atom is -0.349 e. The maximum atomic E-state index is 9.25. The molecule has 2 aromatic heterocycles. The van der Waals surface area contributed by atoms with Crippen LogP contribution in [0.1, 0.15) is 28.8 Å². The zero-order valence-corrected chi connectivity index (χ0v) is 19.3. The van der Waals surface area contributed by atoms with Gasteiger partial charge in [0.1, 0.15) is 0 Å². The molecule has 1 aliphatic rings. The Bertz CT molecular complexity index is 1210. The Morgan fingerprint density at radius 3 is 2.84 bits per heavy atom. The number of hydrogen-bond donors (Lipinski definition) is 2. The van der Waals surface area contributed by atoms with E-state index in [0.717, 1.165) is 53.3 Å². The molecule has 0 fully saturated rings. The lowest BCUT2D eigenvalue weighted by Gasteiger charge is -2.13. The first kappa shape index (κ1) is 21.8. The first-order valence-corrected chi connectivity index (χ1v) is 10.9. The molecule has 0 unspecified atom stereocenters. The second kappa shape index (κ2) is 9.39. The Hall–Kier alpha value is -3.41. The molecule has 0 saturated carbocycles. The van der Waals surface area contributed by atoms with Gasteiger partial charge in [-0.25, -0.2) is 9.97 Å². The molecule has 162 valence electrons. The second-order valence-corrected chi connectivity index (χ2v) is 8.67. The molecule has 0 radical (unpaired) electrons. The quantitative estimate of drug-likeness (QED) is 0.547. The van der Waals surface area contributed by atoms with Crippen molar-refractivity contribution in [3.8, 4) is 17.3 Å². The van der Waals surface area contributed by atoms with E-state index in [1.54, 1.807) is 12.1 Å². The first-order valence-electron chi connectivity index (χ1n) is 10.5. The Labute approximate surface area is 193 Å². The van der Waals surface area contributed by atoms with Crippen molar-refractivity contribution >= 4 is 34.5 Å². The molecule has 4 rings (SSSR count). The standard InChI is InChI=1S/C24H25N7S/c1-15-20(10-17(13-26-15)5-4-8-31(2)3)29-24-27-14-18-11-22(32)28-21-9-16(12-25)6-7-19(21)23(18)30-24/h6-7,9-10,13-14H,4-5,8,11H2,1-3H3,(H,28,32)(H,27,29,30). The van der Waals surface area contributed by atoms with E-state index in [2.05, 4.69) is 51.7 Å². The van der Waals surface area contributed by atoms with E-state index < -0.39 is 0 Å². The number of nitrogens with one attached hydrogen (secondary N) is 2. The largest absolute Gasteiger partial charge is 0.349 e. The molecule has 7 nitrogen and oxygen atoms in total. The highest BCUT2D eigenvalue weighted by molar-refractivity contribution is 7.80. The van der Waals surface area contributed by atoms with Crippen LogP contribution in [0.25, 0.3) is 11.3 Å². The third-order valence-corrected chi connectivity index (χ3v) is 5.60. The summed E-state index contributed by atoms with van der Waals surface area (Å²) < 4.78 is 0. The smallest absolute Gasteiger partial charge is 0.227 e. The summed E-state index contributed by atoms with van der Waals surface area (Å²) in [6, 6.07) is 9.80. The lowest BCUT2D eigenvalue weighted by Crippen LogP contribution is -2.13. The van der Waals surface area contributed by atoms with Crippen molar-refractivity contribution in [2.24, 2.45) is 0 Å². The normalized spacial score (nSPS) is 12.4. The number of anilines is 3. The second-order valence-electron chi connectivity index (χ2n) is 8.17. The molecule has 2 N–H and O–H groups in total. The van der Waals surface area contributed by atoms with Crippen molar-refractivity contribution in [2.75, 3.05) is 31.3 Å². The number of thiocarbonyl (C=S) groups is 1. The summed E-state index contributed by atoms with van der Waals surface area (Å²) in [7, 11) is 4.16. The molecule has 3 heterocycles. The number of hydrogen-bond acceptors (Lipinski definition) is 7. The van der Waals surface area contributed by atoms with E-state index >= 15 is 0 Å². The Kier molecular flexibility index (Phi) is 6.40. The maximum absolute atomic E-state index is 9.25. The molecule has 0 amide bonds. The monoisotopic (exact) mass is 443 g/mol. The summed E-state index contributed by atoms with van der Waals surface area (Å²) in [5.74, 6) is 0.502. The zero-order valence-electron chi connectivity index (χ0n) is 18.4. The molecule has 32 heavy (non-hydrogen) atoms. The van der Waals surface area contributed by atoms with Gasteiger partial charge in [-0.1, -0.05) is 12.2 Å². The van der Waals surface area contributed by atoms with E-state index in [9.17, 15) is 5.26 Å². The van der Waals surface area contributed by atoms with Gasteiger partial charge in [-0.3, -0.25) is 4.98 Å². The van der Waals surface area contributed by atoms with Crippen LogP contribution in [0.5, 0.6) is 0 Å². The van der Waals surface area contributed by atoms with Gasteiger partial charge in [0.2, 0.25) is 5.95 Å². The van der Waals surface area contributed by atoms with Gasteiger partial charge in [-0.15, -0.1) is 0 Å². The third-order valence-electron chi connectivity index (χ3n) is 5.35. The fraction of sp³-hybridized carbons (Fsp3) is 0.292. The number of aryl methyl sites for hydroxylation is 2. The predicted octanol–water partition coefficient (Wildman–Crippen LogP) is 4.25. The number of pyridine rings is 1. The molecule has 0 saturated heterocycles. The molecule has 1 aliphatic heterocycles. The van der Waals surface area contributed by atoms with Gasteiger partial charge in [0.25, 0.3) is 0 Å². The lowest BCUT2D eigenvalue weighted by molar-refractivity contribution is 0.400. The molecule has 0 aliphatic carbocycles. The Balaban J connectivity index is 1.64.